The summed E-state index contributed by atoms with van der Waals surface area (Å²) in [5.41, 5.74) is 4.07. The molecule has 10 nitrogen and oxygen atoms in total. The number of epoxide rings is 1. The zero-order chi connectivity index (χ0) is 27.5. The molecule has 0 bridgehead atoms. The quantitative estimate of drug-likeness (QED) is 0.138. The van der Waals surface area contributed by atoms with Crippen molar-refractivity contribution in [3.8, 4) is 0 Å². The van der Waals surface area contributed by atoms with E-state index in [1.54, 1.807) is 24.4 Å². The number of aryl methyl sites for hydroxylation is 1. The number of fused-ring (bicyclic) bond motifs is 2. The first-order valence-corrected chi connectivity index (χ1v) is 12.5. The van der Waals surface area contributed by atoms with Gasteiger partial charge in [-0.1, -0.05) is 29.8 Å². The van der Waals surface area contributed by atoms with Crippen LogP contribution < -0.4 is 5.73 Å². The Hall–Kier alpha value is -3.44. The Labute approximate surface area is 220 Å². The number of carbonyl (C=O) groups is 3. The maximum absolute atomic E-state index is 13.8. The SMILES string of the molecule is CC(CCc1ccnc(N)c1)=C(CO)CC12OC1(C(=O)OC(CO)CCCO)C(=O)c1ccccc1C2=O. The number of rotatable bonds is 12. The molecule has 1 fully saturated rings. The first-order valence-electron chi connectivity index (χ1n) is 12.5. The standard InChI is InChI=1S/C28H32N2O8/c1-17(8-9-18-10-11-30-23(29)13-18)19(15-32)14-27-24(34)21-6-2-3-7-22(21)25(35)28(27,38-27)26(36)37-20(16-33)5-4-12-31/h2-3,6-7,10-11,13,20,31-33H,4-5,8-9,12,14-16H2,1H3,(H2,29,30). The second kappa shape index (κ2) is 11.1. The molecule has 2 aliphatic rings. The van der Waals surface area contributed by atoms with E-state index < -0.39 is 48.1 Å². The van der Waals surface area contributed by atoms with Gasteiger partial charge < -0.3 is 30.5 Å². The number of nitrogens with zero attached hydrogens (tertiary/aromatic N) is 1. The second-order valence-corrected chi connectivity index (χ2v) is 9.70. The summed E-state index contributed by atoms with van der Waals surface area (Å²) in [6.45, 7) is 0.725. The van der Waals surface area contributed by atoms with Crippen molar-refractivity contribution in [1.82, 2.24) is 4.98 Å². The van der Waals surface area contributed by atoms with Crippen molar-refractivity contribution in [3.05, 3.63) is 70.4 Å². The summed E-state index contributed by atoms with van der Waals surface area (Å²) in [4.78, 5) is 44.9. The van der Waals surface area contributed by atoms with Crippen LogP contribution in [0.4, 0.5) is 5.82 Å². The highest BCUT2D eigenvalue weighted by atomic mass is 16.7. The predicted octanol–water partition coefficient (Wildman–Crippen LogP) is 1.56. The molecule has 202 valence electrons. The lowest BCUT2D eigenvalue weighted by atomic mass is 9.71. The largest absolute Gasteiger partial charge is 0.457 e. The van der Waals surface area contributed by atoms with E-state index in [9.17, 15) is 24.6 Å². The number of aliphatic hydroxyl groups excluding tert-OH is 3. The van der Waals surface area contributed by atoms with Crippen LogP contribution in [0.2, 0.25) is 0 Å². The number of nitrogens with two attached hydrogens (primary N) is 1. The van der Waals surface area contributed by atoms with Crippen LogP contribution in [-0.4, -0.2) is 75.0 Å². The molecule has 1 aliphatic heterocycles. The molecule has 1 saturated heterocycles. The highest BCUT2D eigenvalue weighted by molar-refractivity contribution is 6.32. The molecular weight excluding hydrogens is 492 g/mol. The van der Waals surface area contributed by atoms with Gasteiger partial charge in [0.15, 0.2) is 11.4 Å². The third kappa shape index (κ3) is 4.76. The van der Waals surface area contributed by atoms with E-state index in [4.69, 9.17) is 20.3 Å². The number of aliphatic hydroxyl groups is 3. The van der Waals surface area contributed by atoms with Crippen molar-refractivity contribution in [1.29, 1.82) is 0 Å². The molecule has 4 rings (SSSR count). The molecule has 0 spiro atoms. The minimum Gasteiger partial charge on any atom is -0.457 e. The third-order valence-corrected chi connectivity index (χ3v) is 7.30. The van der Waals surface area contributed by atoms with E-state index in [-0.39, 0.29) is 37.0 Å². The lowest BCUT2D eigenvalue weighted by Gasteiger charge is -2.26. The monoisotopic (exact) mass is 524 g/mol. The number of aromatic nitrogens is 1. The first kappa shape index (κ1) is 27.6. The van der Waals surface area contributed by atoms with Crippen LogP contribution in [0.25, 0.3) is 0 Å². The fraction of sp³-hybridized carbons (Fsp3) is 0.429. The number of ketones is 2. The maximum Gasteiger partial charge on any atom is 0.350 e. The molecule has 1 aromatic heterocycles. The number of benzene rings is 1. The van der Waals surface area contributed by atoms with Gasteiger partial charge in [0, 0.05) is 30.4 Å². The normalized spacial score (nSPS) is 23.3. The lowest BCUT2D eigenvalue weighted by Crippen LogP contribution is -2.51. The Morgan fingerprint density at radius 1 is 1.13 bits per heavy atom. The highest BCUT2D eigenvalue weighted by Gasteiger charge is 2.85. The van der Waals surface area contributed by atoms with Crippen LogP contribution in [0, 0.1) is 0 Å². The van der Waals surface area contributed by atoms with Gasteiger partial charge in [0.05, 0.1) is 13.2 Å². The Bertz CT molecular complexity index is 1280. The predicted molar refractivity (Wildman–Crippen MR) is 136 cm³/mol. The zero-order valence-corrected chi connectivity index (χ0v) is 21.2. The summed E-state index contributed by atoms with van der Waals surface area (Å²) < 4.78 is 11.3. The number of carbonyl (C=O) groups excluding carboxylic acids is 3. The van der Waals surface area contributed by atoms with Gasteiger partial charge in [0.2, 0.25) is 5.78 Å². The molecule has 3 unspecified atom stereocenters. The van der Waals surface area contributed by atoms with Crippen LogP contribution in [-0.2, 0) is 20.7 Å². The molecule has 1 aliphatic carbocycles. The zero-order valence-electron chi connectivity index (χ0n) is 21.2. The molecule has 10 heteroatoms. The van der Waals surface area contributed by atoms with Crippen molar-refractivity contribution in [2.75, 3.05) is 25.6 Å². The number of hydrogen-bond donors (Lipinski definition) is 4. The van der Waals surface area contributed by atoms with Gasteiger partial charge in [-0.2, -0.15) is 0 Å². The first-order chi connectivity index (χ1) is 18.2. The van der Waals surface area contributed by atoms with Crippen molar-refractivity contribution in [3.63, 3.8) is 0 Å². The Morgan fingerprint density at radius 3 is 2.47 bits per heavy atom. The van der Waals surface area contributed by atoms with Gasteiger partial charge in [0.1, 0.15) is 11.9 Å². The number of esters is 1. The molecule has 0 saturated carbocycles. The molecule has 0 amide bonds. The van der Waals surface area contributed by atoms with E-state index in [0.717, 1.165) is 11.1 Å². The number of hydrogen-bond acceptors (Lipinski definition) is 10. The van der Waals surface area contributed by atoms with Crippen molar-refractivity contribution in [2.45, 2.75) is 56.3 Å². The molecule has 3 atom stereocenters. The summed E-state index contributed by atoms with van der Waals surface area (Å²) in [7, 11) is 0. The molecule has 1 aromatic carbocycles. The fourth-order valence-electron chi connectivity index (χ4n) is 5.04. The smallest absolute Gasteiger partial charge is 0.350 e. The summed E-state index contributed by atoms with van der Waals surface area (Å²) in [5, 5.41) is 29.0. The Balaban J connectivity index is 1.67. The third-order valence-electron chi connectivity index (χ3n) is 7.30. The van der Waals surface area contributed by atoms with Crippen LogP contribution >= 0.6 is 0 Å². The molecule has 0 radical (unpaired) electrons. The van der Waals surface area contributed by atoms with Gasteiger partial charge in [0.25, 0.3) is 5.60 Å². The average molecular weight is 525 g/mol. The van der Waals surface area contributed by atoms with E-state index in [1.165, 1.54) is 12.1 Å². The summed E-state index contributed by atoms with van der Waals surface area (Å²) in [5.74, 6) is -1.91. The van der Waals surface area contributed by atoms with Crippen LogP contribution in [0.5, 0.6) is 0 Å². The Morgan fingerprint density at radius 2 is 1.84 bits per heavy atom. The number of ether oxygens (including phenoxy) is 2. The van der Waals surface area contributed by atoms with Gasteiger partial charge in [-0.05, 0) is 55.9 Å². The number of pyridine rings is 1. The van der Waals surface area contributed by atoms with Crippen molar-refractivity contribution < 1.29 is 39.2 Å². The number of anilines is 1. The van der Waals surface area contributed by atoms with Crippen molar-refractivity contribution >= 4 is 23.4 Å². The highest BCUT2D eigenvalue weighted by Crippen LogP contribution is 2.59. The fourth-order valence-corrected chi connectivity index (χ4v) is 5.04. The topological polar surface area (TPSA) is 173 Å². The molecule has 38 heavy (non-hydrogen) atoms. The number of Topliss-reactive ketones (excluding diaryl/α,β-unsaturated/α-hetero) is 2. The number of nitrogen functional groups attached to an aromatic ring is 1. The minimum absolute atomic E-state index is 0.0556. The van der Waals surface area contributed by atoms with Crippen LogP contribution in [0.15, 0.2) is 53.7 Å². The van der Waals surface area contributed by atoms with Crippen LogP contribution in [0.1, 0.15) is 58.9 Å². The van der Waals surface area contributed by atoms with E-state index >= 15 is 0 Å². The maximum atomic E-state index is 13.8. The number of allylic oxidation sites excluding steroid dienone is 1. The average Bonchev–Trinajstić information content (AvgIpc) is 3.63. The lowest BCUT2D eigenvalue weighted by molar-refractivity contribution is -0.156. The van der Waals surface area contributed by atoms with E-state index in [1.807, 2.05) is 13.0 Å². The molecular formula is C28H32N2O8. The van der Waals surface area contributed by atoms with Gasteiger partial charge in [-0.25, -0.2) is 9.78 Å². The summed E-state index contributed by atoms with van der Waals surface area (Å²) >= 11 is 0. The Kier molecular flexibility index (Phi) is 8.08. The van der Waals surface area contributed by atoms with E-state index in [2.05, 4.69) is 4.98 Å². The minimum atomic E-state index is -2.22. The van der Waals surface area contributed by atoms with E-state index in [0.29, 0.717) is 24.2 Å². The summed E-state index contributed by atoms with van der Waals surface area (Å²) in [6, 6.07) is 9.77. The van der Waals surface area contributed by atoms with Gasteiger partial charge in [-0.15, -0.1) is 0 Å². The second-order valence-electron chi connectivity index (χ2n) is 9.70. The van der Waals surface area contributed by atoms with Crippen molar-refractivity contribution in [2.24, 2.45) is 0 Å². The van der Waals surface area contributed by atoms with Crippen LogP contribution in [0.3, 0.4) is 0 Å². The molecule has 5 N–H and O–H groups in total. The van der Waals surface area contributed by atoms with Gasteiger partial charge >= 0.3 is 5.97 Å². The molecule has 2 aromatic rings. The molecule has 2 heterocycles. The summed E-state index contributed by atoms with van der Waals surface area (Å²) in [6.07, 6.45) is 2.02. The van der Waals surface area contributed by atoms with Gasteiger partial charge in [-0.3, -0.25) is 9.59 Å².